The molecule has 17 heavy (non-hydrogen) atoms. The number of rotatable bonds is 7. The van der Waals surface area contributed by atoms with Crippen molar-refractivity contribution in [2.24, 2.45) is 5.73 Å². The molecule has 0 aliphatic heterocycles. The first-order chi connectivity index (χ1) is 8.09. The Kier molecular flexibility index (Phi) is 6.50. The van der Waals surface area contributed by atoms with E-state index < -0.39 is 5.91 Å². The Bertz CT molecular complexity index is 388. The van der Waals surface area contributed by atoms with Crippen LogP contribution in [0, 0.1) is 0 Å². The van der Waals surface area contributed by atoms with Crippen molar-refractivity contribution in [2.75, 3.05) is 19.8 Å². The van der Waals surface area contributed by atoms with E-state index in [-0.39, 0.29) is 6.61 Å². The molecule has 1 amide bonds. The van der Waals surface area contributed by atoms with E-state index in [0.29, 0.717) is 24.7 Å². The molecule has 4 nitrogen and oxygen atoms in total. The summed E-state index contributed by atoms with van der Waals surface area (Å²) >= 11 is 9.33. The lowest BCUT2D eigenvalue weighted by atomic mass is 10.2. The lowest BCUT2D eigenvalue weighted by Crippen LogP contribution is -2.23. The zero-order valence-electron chi connectivity index (χ0n) is 9.21. The predicted octanol–water partition coefficient (Wildman–Crippen LogP) is 1.69. The molecule has 6 heteroatoms. The highest BCUT2D eigenvalue weighted by molar-refractivity contribution is 9.10. The van der Waals surface area contributed by atoms with Crippen LogP contribution in [0.25, 0.3) is 0 Å². The minimum Gasteiger partial charge on any atom is -0.370 e. The number of hydrogen-bond donors (Lipinski definition) is 2. The summed E-state index contributed by atoms with van der Waals surface area (Å²) in [5.41, 5.74) is 6.01. The van der Waals surface area contributed by atoms with Crippen LogP contribution in [0.4, 0.5) is 0 Å². The molecule has 0 aliphatic rings. The van der Waals surface area contributed by atoms with Crippen molar-refractivity contribution in [3.8, 4) is 0 Å². The Labute approximate surface area is 114 Å². The van der Waals surface area contributed by atoms with Gasteiger partial charge in [-0.2, -0.15) is 0 Å². The Hall–Kier alpha value is -0.620. The highest BCUT2D eigenvalue weighted by atomic mass is 79.9. The van der Waals surface area contributed by atoms with Crippen LogP contribution in [-0.2, 0) is 16.1 Å². The molecule has 0 fully saturated rings. The number of carbonyl (C=O) groups excluding carboxylic acids is 1. The quantitative estimate of drug-likeness (QED) is 0.751. The molecule has 0 radical (unpaired) electrons. The minimum atomic E-state index is -0.456. The fourth-order valence-electron chi connectivity index (χ4n) is 1.22. The topological polar surface area (TPSA) is 64.4 Å². The van der Waals surface area contributed by atoms with E-state index in [9.17, 15) is 4.79 Å². The van der Waals surface area contributed by atoms with Crippen molar-refractivity contribution >= 4 is 33.4 Å². The van der Waals surface area contributed by atoms with E-state index in [4.69, 9.17) is 22.1 Å². The molecule has 1 rings (SSSR count). The molecule has 0 aliphatic carbocycles. The maximum Gasteiger partial charge on any atom is 0.243 e. The number of primary amides is 1. The van der Waals surface area contributed by atoms with Crippen LogP contribution in [0.5, 0.6) is 0 Å². The van der Waals surface area contributed by atoms with Crippen LogP contribution in [0.15, 0.2) is 22.7 Å². The van der Waals surface area contributed by atoms with Gasteiger partial charge in [0.15, 0.2) is 0 Å². The summed E-state index contributed by atoms with van der Waals surface area (Å²) < 4.78 is 6.02. The van der Waals surface area contributed by atoms with E-state index in [1.165, 1.54) is 0 Å². The molecule has 94 valence electrons. The lowest BCUT2D eigenvalue weighted by molar-refractivity contribution is -0.122. The average Bonchev–Trinajstić information content (AvgIpc) is 2.27. The number of nitrogens with two attached hydrogens (primary N) is 1. The van der Waals surface area contributed by atoms with Crippen molar-refractivity contribution in [1.82, 2.24) is 5.32 Å². The number of hydrogen-bond acceptors (Lipinski definition) is 3. The molecule has 0 spiro atoms. The molecule has 1 aromatic rings. The van der Waals surface area contributed by atoms with Crippen LogP contribution < -0.4 is 11.1 Å². The Morgan fingerprint density at radius 1 is 1.53 bits per heavy atom. The first-order valence-corrected chi connectivity index (χ1v) is 6.27. The number of nitrogens with one attached hydrogen (secondary N) is 1. The zero-order valence-corrected chi connectivity index (χ0v) is 11.6. The molecule has 0 aromatic heterocycles. The number of carbonyl (C=O) groups is 1. The van der Waals surface area contributed by atoms with Gasteiger partial charge in [0.1, 0.15) is 6.61 Å². The average molecular weight is 322 g/mol. The lowest BCUT2D eigenvalue weighted by Gasteiger charge is -2.07. The van der Waals surface area contributed by atoms with Crippen molar-refractivity contribution in [3.63, 3.8) is 0 Å². The summed E-state index contributed by atoms with van der Waals surface area (Å²) in [4.78, 5) is 10.4. The number of amides is 1. The van der Waals surface area contributed by atoms with Gasteiger partial charge in [-0.3, -0.25) is 4.79 Å². The smallest absolute Gasteiger partial charge is 0.243 e. The standard InChI is InChI=1S/C11H14BrClN2O2/c12-10-2-1-9(13)5-8(10)6-15-3-4-17-7-11(14)16/h1-2,5,15H,3-4,6-7H2,(H2,14,16). The SMILES string of the molecule is NC(=O)COCCNCc1cc(Cl)ccc1Br. The molecular formula is C11H14BrClN2O2. The van der Waals surface area contributed by atoms with Crippen LogP contribution in [-0.4, -0.2) is 25.7 Å². The zero-order chi connectivity index (χ0) is 12.7. The first-order valence-electron chi connectivity index (χ1n) is 5.10. The normalized spacial score (nSPS) is 10.5. The summed E-state index contributed by atoms with van der Waals surface area (Å²) in [5, 5.41) is 3.88. The fourth-order valence-corrected chi connectivity index (χ4v) is 1.80. The van der Waals surface area contributed by atoms with E-state index in [1.807, 2.05) is 18.2 Å². The molecule has 0 unspecified atom stereocenters. The molecule has 0 heterocycles. The molecular weight excluding hydrogens is 307 g/mol. The minimum absolute atomic E-state index is 0.0391. The Morgan fingerprint density at radius 2 is 2.29 bits per heavy atom. The molecule has 0 saturated heterocycles. The van der Waals surface area contributed by atoms with Gasteiger partial charge >= 0.3 is 0 Å². The van der Waals surface area contributed by atoms with Gasteiger partial charge < -0.3 is 15.8 Å². The summed E-state index contributed by atoms with van der Waals surface area (Å²) in [7, 11) is 0. The van der Waals surface area contributed by atoms with Gasteiger partial charge in [-0.05, 0) is 23.8 Å². The largest absolute Gasteiger partial charge is 0.370 e. The van der Waals surface area contributed by atoms with E-state index in [1.54, 1.807) is 0 Å². The second kappa shape index (κ2) is 7.66. The highest BCUT2D eigenvalue weighted by Crippen LogP contribution is 2.20. The van der Waals surface area contributed by atoms with Crippen molar-refractivity contribution in [3.05, 3.63) is 33.3 Å². The van der Waals surface area contributed by atoms with Gasteiger partial charge in [0.05, 0.1) is 6.61 Å². The maximum atomic E-state index is 10.4. The van der Waals surface area contributed by atoms with Gasteiger partial charge in [0.2, 0.25) is 5.91 Å². The third kappa shape index (κ3) is 6.02. The second-order valence-electron chi connectivity index (χ2n) is 3.43. The van der Waals surface area contributed by atoms with Gasteiger partial charge in [-0.1, -0.05) is 27.5 Å². The van der Waals surface area contributed by atoms with E-state index in [0.717, 1.165) is 10.0 Å². The van der Waals surface area contributed by atoms with Crippen LogP contribution in [0.2, 0.25) is 5.02 Å². The third-order valence-corrected chi connectivity index (χ3v) is 3.00. The number of benzene rings is 1. The second-order valence-corrected chi connectivity index (χ2v) is 4.72. The molecule has 0 saturated carbocycles. The summed E-state index contributed by atoms with van der Waals surface area (Å²) in [6.45, 7) is 1.73. The maximum absolute atomic E-state index is 10.4. The summed E-state index contributed by atoms with van der Waals surface area (Å²) in [6, 6.07) is 5.62. The van der Waals surface area contributed by atoms with Gasteiger partial charge in [0, 0.05) is 22.6 Å². The van der Waals surface area contributed by atoms with Crippen molar-refractivity contribution < 1.29 is 9.53 Å². The van der Waals surface area contributed by atoms with E-state index in [2.05, 4.69) is 21.2 Å². The van der Waals surface area contributed by atoms with Crippen molar-refractivity contribution in [2.45, 2.75) is 6.54 Å². The number of halogens is 2. The third-order valence-electron chi connectivity index (χ3n) is 1.99. The number of ether oxygens (including phenoxy) is 1. The van der Waals surface area contributed by atoms with E-state index >= 15 is 0 Å². The monoisotopic (exact) mass is 320 g/mol. The fraction of sp³-hybridized carbons (Fsp3) is 0.364. The highest BCUT2D eigenvalue weighted by Gasteiger charge is 2.00. The van der Waals surface area contributed by atoms with Gasteiger partial charge in [-0.25, -0.2) is 0 Å². The van der Waals surface area contributed by atoms with Crippen LogP contribution in [0.3, 0.4) is 0 Å². The summed E-state index contributed by atoms with van der Waals surface area (Å²) in [6.07, 6.45) is 0. The Balaban J connectivity index is 2.22. The molecule has 3 N–H and O–H groups in total. The van der Waals surface area contributed by atoms with Gasteiger partial charge in [-0.15, -0.1) is 0 Å². The van der Waals surface area contributed by atoms with Gasteiger partial charge in [0.25, 0.3) is 0 Å². The molecule has 1 aromatic carbocycles. The van der Waals surface area contributed by atoms with Crippen LogP contribution in [0.1, 0.15) is 5.56 Å². The first kappa shape index (κ1) is 14.4. The predicted molar refractivity (Wildman–Crippen MR) is 70.9 cm³/mol. The van der Waals surface area contributed by atoms with Crippen LogP contribution >= 0.6 is 27.5 Å². The summed E-state index contributed by atoms with van der Waals surface area (Å²) in [5.74, 6) is -0.456. The molecule has 0 bridgehead atoms. The Morgan fingerprint density at radius 3 is 3.00 bits per heavy atom. The van der Waals surface area contributed by atoms with Crippen molar-refractivity contribution in [1.29, 1.82) is 0 Å². The molecule has 0 atom stereocenters.